The molecule has 2 nitrogen and oxygen atoms in total. The van der Waals surface area contributed by atoms with Crippen LogP contribution < -0.4 is 0 Å². The molecule has 2 rings (SSSR count). The molecule has 102 valence electrons. The van der Waals surface area contributed by atoms with Gasteiger partial charge in [-0.2, -0.15) is 5.10 Å². The second-order valence-electron chi connectivity index (χ2n) is 5.12. The van der Waals surface area contributed by atoms with Gasteiger partial charge in [0.25, 0.3) is 0 Å². The third kappa shape index (κ3) is 4.10. The van der Waals surface area contributed by atoms with Gasteiger partial charge in [0.1, 0.15) is 0 Å². The van der Waals surface area contributed by atoms with Gasteiger partial charge in [0.15, 0.2) is 0 Å². The summed E-state index contributed by atoms with van der Waals surface area (Å²) in [5, 5.41) is 4.31. The number of nitrogens with zero attached hydrogens (tertiary/aromatic N) is 2. The molecular formula is C16H21ClN2. The van der Waals surface area contributed by atoms with Crippen molar-refractivity contribution in [1.82, 2.24) is 9.78 Å². The zero-order valence-electron chi connectivity index (χ0n) is 11.6. The average Bonchev–Trinajstić information content (AvgIpc) is 2.88. The smallest absolute Gasteiger partial charge is 0.0521 e. The minimum atomic E-state index is 0.471. The van der Waals surface area contributed by atoms with Crippen molar-refractivity contribution in [3.05, 3.63) is 53.3 Å². The van der Waals surface area contributed by atoms with Gasteiger partial charge in [0.2, 0.25) is 0 Å². The van der Waals surface area contributed by atoms with Crippen molar-refractivity contribution in [2.45, 2.75) is 33.2 Å². The molecule has 0 saturated carbocycles. The maximum atomic E-state index is 6.11. The van der Waals surface area contributed by atoms with Gasteiger partial charge in [0, 0.05) is 18.6 Å². The van der Waals surface area contributed by atoms with Crippen molar-refractivity contribution < 1.29 is 0 Å². The largest absolute Gasteiger partial charge is 0.273 e. The molecule has 0 N–H and O–H groups in total. The van der Waals surface area contributed by atoms with Crippen LogP contribution in [0.15, 0.2) is 36.7 Å². The Labute approximate surface area is 120 Å². The molecule has 0 amide bonds. The van der Waals surface area contributed by atoms with E-state index >= 15 is 0 Å². The molecule has 0 saturated heterocycles. The highest BCUT2D eigenvalue weighted by atomic mass is 35.5. The van der Waals surface area contributed by atoms with E-state index in [-0.39, 0.29) is 0 Å². The van der Waals surface area contributed by atoms with E-state index in [4.69, 9.17) is 11.6 Å². The number of hydrogen-bond acceptors (Lipinski definition) is 1. The van der Waals surface area contributed by atoms with Gasteiger partial charge in [-0.3, -0.25) is 4.68 Å². The Balaban J connectivity index is 1.98. The van der Waals surface area contributed by atoms with Gasteiger partial charge in [-0.1, -0.05) is 29.8 Å². The molecule has 1 aromatic carbocycles. The third-order valence-corrected chi connectivity index (χ3v) is 3.83. The van der Waals surface area contributed by atoms with Gasteiger partial charge in [-0.05, 0) is 43.7 Å². The Bertz CT molecular complexity index is 502. The van der Waals surface area contributed by atoms with Gasteiger partial charge >= 0.3 is 0 Å². The Morgan fingerprint density at radius 3 is 2.42 bits per heavy atom. The molecule has 3 heteroatoms. The van der Waals surface area contributed by atoms with E-state index in [1.54, 1.807) is 0 Å². The maximum Gasteiger partial charge on any atom is 0.0521 e. The summed E-state index contributed by atoms with van der Waals surface area (Å²) in [6, 6.07) is 8.72. The molecule has 1 heterocycles. The van der Waals surface area contributed by atoms with Crippen LogP contribution in [0.1, 0.15) is 23.6 Å². The van der Waals surface area contributed by atoms with Crippen LogP contribution in [0, 0.1) is 12.8 Å². The molecule has 0 spiro atoms. The summed E-state index contributed by atoms with van der Waals surface area (Å²) in [7, 11) is 0. The first-order chi connectivity index (χ1) is 9.21. The number of rotatable bonds is 6. The summed E-state index contributed by atoms with van der Waals surface area (Å²) >= 11 is 6.11. The summed E-state index contributed by atoms with van der Waals surface area (Å²) in [6.07, 6.45) is 6.10. The van der Waals surface area contributed by atoms with E-state index in [9.17, 15) is 0 Å². The van der Waals surface area contributed by atoms with Crippen LogP contribution in [0.5, 0.6) is 0 Å². The van der Waals surface area contributed by atoms with Gasteiger partial charge in [-0.25, -0.2) is 0 Å². The fraction of sp³-hybridized carbons (Fsp3) is 0.438. The maximum absolute atomic E-state index is 6.11. The van der Waals surface area contributed by atoms with Crippen LogP contribution in [0.4, 0.5) is 0 Å². The van der Waals surface area contributed by atoms with Crippen LogP contribution in [-0.2, 0) is 19.4 Å². The number of aryl methyl sites for hydroxylation is 2. The lowest BCUT2D eigenvalue weighted by molar-refractivity contribution is 0.582. The highest BCUT2D eigenvalue weighted by Gasteiger charge is 2.11. The van der Waals surface area contributed by atoms with Crippen molar-refractivity contribution in [3.63, 3.8) is 0 Å². The molecule has 0 aliphatic carbocycles. The van der Waals surface area contributed by atoms with Crippen molar-refractivity contribution in [2.24, 2.45) is 5.92 Å². The van der Waals surface area contributed by atoms with Gasteiger partial charge < -0.3 is 0 Å². The number of halogens is 1. The molecule has 1 atom stereocenters. The van der Waals surface area contributed by atoms with Crippen molar-refractivity contribution in [1.29, 1.82) is 0 Å². The van der Waals surface area contributed by atoms with Crippen molar-refractivity contribution in [2.75, 3.05) is 5.88 Å². The fourth-order valence-corrected chi connectivity index (χ4v) is 2.48. The quantitative estimate of drug-likeness (QED) is 0.733. The first-order valence-electron chi connectivity index (χ1n) is 6.84. The lowest BCUT2D eigenvalue weighted by Crippen LogP contribution is -2.09. The Hall–Kier alpha value is -1.28. The minimum Gasteiger partial charge on any atom is -0.273 e. The van der Waals surface area contributed by atoms with Gasteiger partial charge in [0.05, 0.1) is 6.20 Å². The molecule has 0 bridgehead atoms. The lowest BCUT2D eigenvalue weighted by atomic mass is 9.95. The van der Waals surface area contributed by atoms with E-state index in [1.807, 2.05) is 10.9 Å². The first kappa shape index (κ1) is 14.1. The number of hydrogen-bond donors (Lipinski definition) is 0. The van der Waals surface area contributed by atoms with E-state index < -0.39 is 0 Å². The molecule has 0 fully saturated rings. The van der Waals surface area contributed by atoms with Crippen LogP contribution in [0.2, 0.25) is 0 Å². The van der Waals surface area contributed by atoms with Crippen LogP contribution in [0.25, 0.3) is 0 Å². The molecule has 0 radical (unpaired) electrons. The topological polar surface area (TPSA) is 17.8 Å². The highest BCUT2D eigenvalue weighted by Crippen LogP contribution is 2.16. The van der Waals surface area contributed by atoms with E-state index in [0.29, 0.717) is 11.8 Å². The zero-order chi connectivity index (χ0) is 13.7. The summed E-state index contributed by atoms with van der Waals surface area (Å²) in [5.41, 5.74) is 3.94. The lowest BCUT2D eigenvalue weighted by Gasteiger charge is -2.13. The Morgan fingerprint density at radius 1 is 1.16 bits per heavy atom. The molecule has 0 aliphatic heterocycles. The second kappa shape index (κ2) is 6.76. The van der Waals surface area contributed by atoms with Crippen LogP contribution in [0.3, 0.4) is 0 Å². The summed E-state index contributed by atoms with van der Waals surface area (Å²) in [6.45, 7) is 5.13. The Kier molecular flexibility index (Phi) is 5.03. The summed E-state index contributed by atoms with van der Waals surface area (Å²) < 4.78 is 1.96. The zero-order valence-corrected chi connectivity index (χ0v) is 12.4. The van der Waals surface area contributed by atoms with Crippen LogP contribution >= 0.6 is 11.6 Å². The summed E-state index contributed by atoms with van der Waals surface area (Å²) in [5.74, 6) is 1.16. The van der Waals surface area contributed by atoms with Crippen molar-refractivity contribution in [3.8, 4) is 0 Å². The molecule has 1 aromatic heterocycles. The predicted molar refractivity (Wildman–Crippen MR) is 80.7 cm³/mol. The second-order valence-corrected chi connectivity index (χ2v) is 5.43. The third-order valence-electron chi connectivity index (χ3n) is 3.40. The molecule has 19 heavy (non-hydrogen) atoms. The minimum absolute atomic E-state index is 0.471. The molecule has 1 unspecified atom stereocenters. The van der Waals surface area contributed by atoms with E-state index in [2.05, 4.69) is 49.4 Å². The van der Waals surface area contributed by atoms with E-state index in [0.717, 1.165) is 19.4 Å². The summed E-state index contributed by atoms with van der Waals surface area (Å²) in [4.78, 5) is 0. The fourth-order valence-electron chi connectivity index (χ4n) is 2.26. The predicted octanol–water partition coefficient (Wildman–Crippen LogP) is 3.85. The van der Waals surface area contributed by atoms with Gasteiger partial charge in [-0.15, -0.1) is 11.6 Å². The SMILES string of the molecule is CCn1cc(CC(CCl)Cc2ccc(C)cc2)cn1. The van der Waals surface area contributed by atoms with Crippen molar-refractivity contribution >= 4 is 11.6 Å². The average molecular weight is 277 g/mol. The highest BCUT2D eigenvalue weighted by molar-refractivity contribution is 6.18. The number of alkyl halides is 1. The van der Waals surface area contributed by atoms with E-state index in [1.165, 1.54) is 16.7 Å². The number of benzene rings is 1. The standard InChI is InChI=1S/C16H21ClN2/c1-3-19-12-16(11-18-19)9-15(10-17)8-14-6-4-13(2)5-7-14/h4-7,11-12,15H,3,8-10H2,1-2H3. The number of aromatic nitrogens is 2. The molecular weight excluding hydrogens is 256 g/mol. The Morgan fingerprint density at radius 2 is 1.84 bits per heavy atom. The molecule has 2 aromatic rings. The van der Waals surface area contributed by atoms with Crippen LogP contribution in [-0.4, -0.2) is 15.7 Å². The monoisotopic (exact) mass is 276 g/mol. The molecule has 0 aliphatic rings. The normalized spacial score (nSPS) is 12.6. The first-order valence-corrected chi connectivity index (χ1v) is 7.37.